The smallest absolute Gasteiger partial charge is 0.337 e. The largest absolute Gasteiger partial charge is 0.497 e. The second-order valence-corrected chi connectivity index (χ2v) is 8.77. The third-order valence-corrected chi connectivity index (χ3v) is 6.63. The van der Waals surface area contributed by atoms with Crippen LogP contribution in [0.25, 0.3) is 16.9 Å². The van der Waals surface area contributed by atoms with Crippen LogP contribution in [-0.2, 0) is 6.54 Å². The molecule has 7 nitrogen and oxygen atoms in total. The van der Waals surface area contributed by atoms with Gasteiger partial charge in [0.05, 0.1) is 19.1 Å². The highest BCUT2D eigenvalue weighted by Crippen LogP contribution is 2.27. The zero-order valence-electron chi connectivity index (χ0n) is 19.0. The van der Waals surface area contributed by atoms with Crippen molar-refractivity contribution in [2.45, 2.75) is 51.6 Å². The SMILES string of the molecule is COc1cccc(Cn2cnc3c2c(=O)n(C2CCCCC2)c(=O)n3-c2ccccc2C)c1. The van der Waals surface area contributed by atoms with Crippen LogP contribution in [-0.4, -0.2) is 25.8 Å². The molecule has 0 unspecified atom stereocenters. The molecular weight excluding hydrogens is 416 g/mol. The molecule has 0 N–H and O–H groups in total. The molecule has 1 saturated carbocycles. The fourth-order valence-electron chi connectivity index (χ4n) is 4.93. The normalized spacial score (nSPS) is 14.6. The van der Waals surface area contributed by atoms with Gasteiger partial charge in [0.2, 0.25) is 0 Å². The van der Waals surface area contributed by atoms with Gasteiger partial charge in [-0.2, -0.15) is 0 Å². The average molecular weight is 445 g/mol. The van der Waals surface area contributed by atoms with Gasteiger partial charge < -0.3 is 9.30 Å². The van der Waals surface area contributed by atoms with Crippen molar-refractivity contribution in [1.29, 1.82) is 0 Å². The van der Waals surface area contributed by atoms with Crippen LogP contribution in [0.3, 0.4) is 0 Å². The Hall–Kier alpha value is -3.61. The Morgan fingerprint density at radius 3 is 2.58 bits per heavy atom. The number of nitrogens with zero attached hydrogens (tertiary/aromatic N) is 4. The molecule has 0 saturated heterocycles. The Morgan fingerprint density at radius 2 is 1.82 bits per heavy atom. The predicted octanol–water partition coefficient (Wildman–Crippen LogP) is 4.22. The van der Waals surface area contributed by atoms with Crippen molar-refractivity contribution in [1.82, 2.24) is 18.7 Å². The van der Waals surface area contributed by atoms with Crippen molar-refractivity contribution < 1.29 is 4.74 Å². The molecule has 0 amide bonds. The highest BCUT2D eigenvalue weighted by atomic mass is 16.5. The maximum absolute atomic E-state index is 13.8. The molecule has 33 heavy (non-hydrogen) atoms. The Bertz CT molecular complexity index is 1420. The van der Waals surface area contributed by atoms with Crippen molar-refractivity contribution in [2.24, 2.45) is 0 Å². The molecule has 0 aliphatic heterocycles. The zero-order valence-corrected chi connectivity index (χ0v) is 19.0. The number of ether oxygens (including phenoxy) is 1. The number of aryl methyl sites for hydroxylation is 1. The van der Waals surface area contributed by atoms with E-state index in [9.17, 15) is 9.59 Å². The Balaban J connectivity index is 1.76. The first-order valence-corrected chi connectivity index (χ1v) is 11.5. The molecule has 4 aromatic rings. The number of hydrogen-bond acceptors (Lipinski definition) is 4. The van der Waals surface area contributed by atoms with Gasteiger partial charge in [0, 0.05) is 12.6 Å². The maximum atomic E-state index is 13.8. The standard InChI is InChI=1S/C26H28N4O3/c1-18-9-6-7-14-22(18)30-24-23(25(31)29(26(30)32)20-11-4-3-5-12-20)28(17-27-24)16-19-10-8-13-21(15-19)33-2/h6-10,13-15,17,20H,3-5,11-12,16H2,1-2H3. The van der Waals surface area contributed by atoms with Crippen molar-refractivity contribution in [3.05, 3.63) is 86.8 Å². The molecule has 2 aromatic carbocycles. The summed E-state index contributed by atoms with van der Waals surface area (Å²) in [4.78, 5) is 32.1. The van der Waals surface area contributed by atoms with Crippen molar-refractivity contribution in [3.8, 4) is 11.4 Å². The predicted molar refractivity (Wildman–Crippen MR) is 129 cm³/mol. The molecule has 7 heteroatoms. The molecular formula is C26H28N4O3. The van der Waals surface area contributed by atoms with Crippen LogP contribution in [0.4, 0.5) is 0 Å². The van der Waals surface area contributed by atoms with Crippen LogP contribution < -0.4 is 16.0 Å². The van der Waals surface area contributed by atoms with Gasteiger partial charge in [-0.3, -0.25) is 9.36 Å². The number of fused-ring (bicyclic) bond motifs is 1. The minimum Gasteiger partial charge on any atom is -0.497 e. The van der Waals surface area contributed by atoms with Crippen molar-refractivity contribution in [3.63, 3.8) is 0 Å². The fourth-order valence-corrected chi connectivity index (χ4v) is 4.93. The van der Waals surface area contributed by atoms with Gasteiger partial charge in [-0.15, -0.1) is 0 Å². The van der Waals surface area contributed by atoms with E-state index in [1.54, 1.807) is 18.0 Å². The second kappa shape index (κ2) is 8.73. The molecule has 5 rings (SSSR count). The van der Waals surface area contributed by atoms with Crippen LogP contribution in [0.1, 0.15) is 49.3 Å². The minimum absolute atomic E-state index is 0.0846. The van der Waals surface area contributed by atoms with Gasteiger partial charge in [-0.25, -0.2) is 14.3 Å². The van der Waals surface area contributed by atoms with Gasteiger partial charge in [-0.05, 0) is 49.1 Å². The number of aromatic nitrogens is 4. The summed E-state index contributed by atoms with van der Waals surface area (Å²) >= 11 is 0. The van der Waals surface area contributed by atoms with Gasteiger partial charge in [0.1, 0.15) is 5.75 Å². The molecule has 1 fully saturated rings. The third kappa shape index (κ3) is 3.77. The topological polar surface area (TPSA) is 71.1 Å². The van der Waals surface area contributed by atoms with Gasteiger partial charge in [-0.1, -0.05) is 49.6 Å². The minimum atomic E-state index is -0.305. The quantitative estimate of drug-likeness (QED) is 0.462. The van der Waals surface area contributed by atoms with E-state index in [1.165, 1.54) is 4.57 Å². The van der Waals surface area contributed by atoms with Gasteiger partial charge >= 0.3 is 5.69 Å². The van der Waals surface area contributed by atoms with Crippen LogP contribution in [0, 0.1) is 6.92 Å². The molecule has 0 spiro atoms. The van der Waals surface area contributed by atoms with Crippen LogP contribution in [0.2, 0.25) is 0 Å². The first kappa shape index (κ1) is 21.2. The summed E-state index contributed by atoms with van der Waals surface area (Å²) in [5.74, 6) is 0.758. The number of methoxy groups -OCH3 is 1. The summed E-state index contributed by atoms with van der Waals surface area (Å²) < 4.78 is 10.3. The van der Waals surface area contributed by atoms with E-state index < -0.39 is 0 Å². The van der Waals surface area contributed by atoms with Crippen LogP contribution in [0.5, 0.6) is 5.75 Å². The van der Waals surface area contributed by atoms with E-state index in [4.69, 9.17) is 4.74 Å². The molecule has 2 heterocycles. The summed E-state index contributed by atoms with van der Waals surface area (Å²) in [5, 5.41) is 0. The summed E-state index contributed by atoms with van der Waals surface area (Å²) in [7, 11) is 1.63. The van der Waals surface area contributed by atoms with Gasteiger partial charge in [0.25, 0.3) is 5.56 Å². The van der Waals surface area contributed by atoms with E-state index in [0.29, 0.717) is 17.7 Å². The summed E-state index contributed by atoms with van der Waals surface area (Å²) in [6, 6.07) is 15.4. The third-order valence-electron chi connectivity index (χ3n) is 6.63. The fraction of sp³-hybridized carbons (Fsp3) is 0.346. The highest BCUT2D eigenvalue weighted by molar-refractivity contribution is 5.73. The highest BCUT2D eigenvalue weighted by Gasteiger charge is 2.25. The molecule has 1 aliphatic carbocycles. The number of para-hydroxylation sites is 1. The van der Waals surface area contributed by atoms with Crippen LogP contribution >= 0.6 is 0 Å². The van der Waals surface area contributed by atoms with E-state index in [2.05, 4.69) is 4.98 Å². The first-order chi connectivity index (χ1) is 16.1. The van der Waals surface area contributed by atoms with Gasteiger partial charge in [0.15, 0.2) is 11.2 Å². The lowest BCUT2D eigenvalue weighted by molar-refractivity contribution is 0.335. The summed E-state index contributed by atoms with van der Waals surface area (Å²) in [5.41, 5.74) is 2.99. The molecule has 0 bridgehead atoms. The molecule has 0 radical (unpaired) electrons. The maximum Gasteiger partial charge on any atom is 0.337 e. The molecule has 0 atom stereocenters. The lowest BCUT2D eigenvalue weighted by Gasteiger charge is -2.24. The summed E-state index contributed by atoms with van der Waals surface area (Å²) in [6.07, 6.45) is 6.55. The number of imidazole rings is 1. The Kier molecular flexibility index (Phi) is 5.62. The van der Waals surface area contributed by atoms with Crippen LogP contribution in [0.15, 0.2) is 64.4 Å². The number of rotatable bonds is 5. The molecule has 2 aromatic heterocycles. The van der Waals surface area contributed by atoms with Crippen molar-refractivity contribution >= 4 is 11.2 Å². The Morgan fingerprint density at radius 1 is 1.03 bits per heavy atom. The zero-order chi connectivity index (χ0) is 22.9. The monoisotopic (exact) mass is 444 g/mol. The number of hydrogen-bond donors (Lipinski definition) is 0. The van der Waals surface area contributed by atoms with E-state index in [1.807, 2.05) is 60.0 Å². The first-order valence-electron chi connectivity index (χ1n) is 11.5. The molecule has 1 aliphatic rings. The van der Waals surface area contributed by atoms with Crippen molar-refractivity contribution in [2.75, 3.05) is 7.11 Å². The van der Waals surface area contributed by atoms with E-state index in [0.717, 1.165) is 54.7 Å². The lowest BCUT2D eigenvalue weighted by atomic mass is 9.95. The lowest BCUT2D eigenvalue weighted by Crippen LogP contribution is -2.43. The summed E-state index contributed by atoms with van der Waals surface area (Å²) in [6.45, 7) is 2.43. The second-order valence-electron chi connectivity index (χ2n) is 8.77. The molecule has 170 valence electrons. The number of benzene rings is 2. The average Bonchev–Trinajstić information content (AvgIpc) is 3.24. The Labute approximate surface area is 191 Å². The van der Waals surface area contributed by atoms with E-state index >= 15 is 0 Å². The van der Waals surface area contributed by atoms with E-state index in [-0.39, 0.29) is 17.3 Å².